The predicted molar refractivity (Wildman–Crippen MR) is 102 cm³/mol. The second-order valence-corrected chi connectivity index (χ2v) is 6.42. The van der Waals surface area contributed by atoms with E-state index in [0.717, 1.165) is 16.8 Å². The third-order valence-electron chi connectivity index (χ3n) is 4.21. The molecule has 2 aromatic heterocycles. The van der Waals surface area contributed by atoms with Gasteiger partial charge in [-0.3, -0.25) is 4.79 Å². The molecule has 6 nitrogen and oxygen atoms in total. The number of allylic oxidation sites excluding steroid dienone is 2. The standard InChI is InChI=1S/C19H16ClN5O/c1-11-5-7-21-10-15(11)23-19(26)14-6-8-22-18-16(14)24-17(25-18)12-3-2-4-13(20)9-12/h2-9,21H,10H2,1H3,(H,23,26)(H,22,24,25). The Hall–Kier alpha value is -3.12. The number of pyridine rings is 1. The lowest BCUT2D eigenvalue weighted by Gasteiger charge is -2.16. The van der Waals surface area contributed by atoms with Gasteiger partial charge in [-0.15, -0.1) is 0 Å². The molecule has 130 valence electrons. The van der Waals surface area contributed by atoms with Crippen molar-refractivity contribution in [2.75, 3.05) is 6.54 Å². The molecule has 0 radical (unpaired) electrons. The zero-order valence-electron chi connectivity index (χ0n) is 14.0. The number of dihydropyridines is 1. The second-order valence-electron chi connectivity index (χ2n) is 5.98. The summed E-state index contributed by atoms with van der Waals surface area (Å²) in [6, 6.07) is 9.04. The van der Waals surface area contributed by atoms with E-state index in [4.69, 9.17) is 11.6 Å². The molecule has 3 aromatic rings. The fraction of sp³-hybridized carbons (Fsp3) is 0.105. The minimum absolute atomic E-state index is 0.204. The minimum Gasteiger partial charge on any atom is -0.385 e. The zero-order valence-corrected chi connectivity index (χ0v) is 14.8. The van der Waals surface area contributed by atoms with Crippen LogP contribution in [0.25, 0.3) is 22.6 Å². The number of carbonyl (C=O) groups is 1. The molecule has 0 saturated carbocycles. The molecule has 0 bridgehead atoms. The third kappa shape index (κ3) is 3.07. The van der Waals surface area contributed by atoms with E-state index >= 15 is 0 Å². The molecular formula is C19H16ClN5O. The number of H-pyrrole nitrogens is 1. The van der Waals surface area contributed by atoms with Gasteiger partial charge in [0.05, 0.1) is 17.6 Å². The molecule has 0 fully saturated rings. The van der Waals surface area contributed by atoms with Crippen LogP contribution in [0.3, 0.4) is 0 Å². The molecule has 26 heavy (non-hydrogen) atoms. The number of hydrogen-bond donors (Lipinski definition) is 3. The molecule has 4 rings (SSSR count). The first-order chi connectivity index (χ1) is 12.6. The highest BCUT2D eigenvalue weighted by molar-refractivity contribution is 6.30. The first-order valence-electron chi connectivity index (χ1n) is 8.13. The number of fused-ring (bicyclic) bond motifs is 1. The van der Waals surface area contributed by atoms with Gasteiger partial charge < -0.3 is 15.6 Å². The summed E-state index contributed by atoms with van der Waals surface area (Å²) < 4.78 is 0. The van der Waals surface area contributed by atoms with Gasteiger partial charge in [0.15, 0.2) is 5.65 Å². The summed E-state index contributed by atoms with van der Waals surface area (Å²) in [7, 11) is 0. The molecule has 3 N–H and O–H groups in total. The topological polar surface area (TPSA) is 82.7 Å². The molecule has 7 heteroatoms. The molecule has 3 heterocycles. The summed E-state index contributed by atoms with van der Waals surface area (Å²) in [5, 5.41) is 6.68. The molecule has 1 aliphatic heterocycles. The SMILES string of the molecule is CC1=C(NC(=O)c2ccnc3nc(-c4cccc(Cl)c4)[nH]c23)CNC=C1. The summed E-state index contributed by atoms with van der Waals surface area (Å²) in [5.41, 5.74) is 4.27. The van der Waals surface area contributed by atoms with Crippen LogP contribution in [-0.4, -0.2) is 27.4 Å². The Morgan fingerprint density at radius 3 is 3.00 bits per heavy atom. The molecule has 0 unspecified atom stereocenters. The van der Waals surface area contributed by atoms with Crippen LogP contribution in [0.4, 0.5) is 0 Å². The number of nitrogens with zero attached hydrogens (tertiary/aromatic N) is 2. The van der Waals surface area contributed by atoms with Crippen LogP contribution < -0.4 is 10.6 Å². The highest BCUT2D eigenvalue weighted by Gasteiger charge is 2.17. The normalized spacial score (nSPS) is 13.8. The Kier molecular flexibility index (Phi) is 4.18. The van der Waals surface area contributed by atoms with Crippen molar-refractivity contribution in [2.24, 2.45) is 0 Å². The minimum atomic E-state index is -0.204. The van der Waals surface area contributed by atoms with E-state index < -0.39 is 0 Å². The molecule has 1 aromatic carbocycles. The van der Waals surface area contributed by atoms with Crippen molar-refractivity contribution in [1.82, 2.24) is 25.6 Å². The van der Waals surface area contributed by atoms with Crippen molar-refractivity contribution in [3.8, 4) is 11.4 Å². The van der Waals surface area contributed by atoms with Gasteiger partial charge in [0.25, 0.3) is 5.91 Å². The van der Waals surface area contributed by atoms with Crippen LogP contribution in [-0.2, 0) is 0 Å². The lowest BCUT2D eigenvalue weighted by atomic mass is 10.1. The Morgan fingerprint density at radius 2 is 2.19 bits per heavy atom. The number of rotatable bonds is 3. The fourth-order valence-corrected chi connectivity index (χ4v) is 3.00. The number of aromatic amines is 1. The van der Waals surface area contributed by atoms with Gasteiger partial charge in [-0.05, 0) is 43.0 Å². The van der Waals surface area contributed by atoms with Gasteiger partial charge in [0.2, 0.25) is 0 Å². The Morgan fingerprint density at radius 1 is 1.31 bits per heavy atom. The lowest BCUT2D eigenvalue weighted by molar-refractivity contribution is 0.0966. The Bertz CT molecular complexity index is 1070. The van der Waals surface area contributed by atoms with Crippen LogP contribution in [0.15, 0.2) is 60.1 Å². The van der Waals surface area contributed by atoms with E-state index in [1.807, 2.05) is 37.4 Å². The first-order valence-corrected chi connectivity index (χ1v) is 8.51. The number of carbonyl (C=O) groups excluding carboxylic acids is 1. The maximum Gasteiger partial charge on any atom is 0.257 e. The Balaban J connectivity index is 1.72. The highest BCUT2D eigenvalue weighted by Crippen LogP contribution is 2.24. The van der Waals surface area contributed by atoms with Gasteiger partial charge in [-0.2, -0.15) is 0 Å². The summed E-state index contributed by atoms with van der Waals surface area (Å²) >= 11 is 6.06. The summed E-state index contributed by atoms with van der Waals surface area (Å²) in [6.45, 7) is 2.54. The molecule has 1 amide bonds. The molecule has 0 atom stereocenters. The predicted octanol–water partition coefficient (Wildman–Crippen LogP) is 3.40. The van der Waals surface area contributed by atoms with Gasteiger partial charge in [-0.25, -0.2) is 9.97 Å². The number of halogens is 1. The summed E-state index contributed by atoms with van der Waals surface area (Å²) in [6.07, 6.45) is 5.37. The Labute approximate surface area is 155 Å². The van der Waals surface area contributed by atoms with E-state index in [1.54, 1.807) is 18.3 Å². The van der Waals surface area contributed by atoms with Crippen molar-refractivity contribution in [3.63, 3.8) is 0 Å². The van der Waals surface area contributed by atoms with Gasteiger partial charge in [0.1, 0.15) is 5.82 Å². The van der Waals surface area contributed by atoms with Crippen LogP contribution >= 0.6 is 11.6 Å². The van der Waals surface area contributed by atoms with Gasteiger partial charge in [-0.1, -0.05) is 23.7 Å². The number of imidazole rings is 1. The molecular weight excluding hydrogens is 350 g/mol. The quantitative estimate of drug-likeness (QED) is 0.664. The maximum absolute atomic E-state index is 12.8. The van der Waals surface area contributed by atoms with Crippen molar-refractivity contribution < 1.29 is 4.79 Å². The number of hydrogen-bond acceptors (Lipinski definition) is 4. The molecule has 0 spiro atoms. The van der Waals surface area contributed by atoms with Crippen LogP contribution in [0.5, 0.6) is 0 Å². The lowest BCUT2D eigenvalue weighted by Crippen LogP contribution is -2.31. The average Bonchev–Trinajstić information content (AvgIpc) is 3.08. The summed E-state index contributed by atoms with van der Waals surface area (Å²) in [5.74, 6) is 0.415. The first kappa shape index (κ1) is 16.4. The smallest absolute Gasteiger partial charge is 0.257 e. The monoisotopic (exact) mass is 365 g/mol. The highest BCUT2D eigenvalue weighted by atomic mass is 35.5. The second kappa shape index (κ2) is 6.65. The van der Waals surface area contributed by atoms with Crippen molar-refractivity contribution in [2.45, 2.75) is 6.92 Å². The van der Waals surface area contributed by atoms with E-state index in [2.05, 4.69) is 25.6 Å². The number of aromatic nitrogens is 3. The molecule has 0 saturated heterocycles. The van der Waals surface area contributed by atoms with E-state index in [-0.39, 0.29) is 5.91 Å². The zero-order chi connectivity index (χ0) is 18.1. The van der Waals surface area contributed by atoms with E-state index in [0.29, 0.717) is 34.1 Å². The molecule has 1 aliphatic rings. The van der Waals surface area contributed by atoms with Crippen molar-refractivity contribution >= 4 is 28.7 Å². The summed E-state index contributed by atoms with van der Waals surface area (Å²) in [4.78, 5) is 24.7. The van der Waals surface area contributed by atoms with Crippen molar-refractivity contribution in [1.29, 1.82) is 0 Å². The van der Waals surface area contributed by atoms with Gasteiger partial charge >= 0.3 is 0 Å². The van der Waals surface area contributed by atoms with E-state index in [1.165, 1.54) is 0 Å². The van der Waals surface area contributed by atoms with Crippen LogP contribution in [0.1, 0.15) is 17.3 Å². The number of nitrogens with one attached hydrogen (secondary N) is 3. The van der Waals surface area contributed by atoms with Crippen LogP contribution in [0.2, 0.25) is 5.02 Å². The van der Waals surface area contributed by atoms with Gasteiger partial charge in [0, 0.05) is 22.5 Å². The average molecular weight is 366 g/mol. The molecule has 0 aliphatic carbocycles. The van der Waals surface area contributed by atoms with Crippen LogP contribution in [0, 0.1) is 0 Å². The number of benzene rings is 1. The maximum atomic E-state index is 12.8. The van der Waals surface area contributed by atoms with Crippen molar-refractivity contribution in [3.05, 3.63) is 70.7 Å². The van der Waals surface area contributed by atoms with E-state index in [9.17, 15) is 4.79 Å². The fourth-order valence-electron chi connectivity index (χ4n) is 2.80. The largest absolute Gasteiger partial charge is 0.385 e. The third-order valence-corrected chi connectivity index (χ3v) is 4.44. The number of amides is 1.